The topological polar surface area (TPSA) is 93.0 Å². The van der Waals surface area contributed by atoms with E-state index in [4.69, 9.17) is 9.26 Å². The Hall–Kier alpha value is -2.38. The average Bonchev–Trinajstić information content (AvgIpc) is 3.14. The van der Waals surface area contributed by atoms with Crippen LogP contribution in [0.4, 0.5) is 4.79 Å². The predicted octanol–water partition coefficient (Wildman–Crippen LogP) is 1.40. The smallest absolute Gasteiger partial charge is 0.418 e. The van der Waals surface area contributed by atoms with E-state index in [0.717, 1.165) is 23.4 Å². The van der Waals surface area contributed by atoms with Gasteiger partial charge in [0.1, 0.15) is 6.54 Å². The molecular weight excluding hydrogens is 302 g/mol. The number of nitrogens with zero attached hydrogens (tertiary/aromatic N) is 3. The minimum Gasteiger partial charge on any atom is -0.433 e. The summed E-state index contributed by atoms with van der Waals surface area (Å²) in [6.45, 7) is 5.07. The Morgan fingerprint density at radius 2 is 2.17 bits per heavy atom. The van der Waals surface area contributed by atoms with Crippen LogP contribution in [0.2, 0.25) is 0 Å². The Bertz CT molecular complexity index is 666. The molecule has 2 aliphatic rings. The summed E-state index contributed by atoms with van der Waals surface area (Å²) in [5.41, 5.74) is -0.469. The Balaban J connectivity index is 1.73. The number of amides is 3. The molecule has 0 spiro atoms. The summed E-state index contributed by atoms with van der Waals surface area (Å²) in [6, 6.07) is 1.60. The lowest BCUT2D eigenvalue weighted by molar-refractivity contribution is -0.140. The zero-order valence-electron chi connectivity index (χ0n) is 13.4. The van der Waals surface area contributed by atoms with Gasteiger partial charge in [0.15, 0.2) is 11.4 Å². The minimum absolute atomic E-state index is 0.203. The molecule has 2 fully saturated rings. The molecule has 8 heteroatoms. The summed E-state index contributed by atoms with van der Waals surface area (Å²) in [5, 5.41) is 3.85. The largest absolute Gasteiger partial charge is 0.433 e. The van der Waals surface area contributed by atoms with E-state index in [1.54, 1.807) is 11.0 Å². The lowest BCUT2D eigenvalue weighted by Gasteiger charge is -2.24. The number of hydrogen-bond acceptors (Lipinski definition) is 6. The number of carbonyl (C=O) groups excluding carboxylic acids is 3. The molecule has 8 nitrogen and oxygen atoms in total. The fraction of sp³-hybridized carbons (Fsp3) is 0.600. The first-order chi connectivity index (χ1) is 10.8. The highest BCUT2D eigenvalue weighted by atomic mass is 16.6. The van der Waals surface area contributed by atoms with Crippen molar-refractivity contribution in [3.63, 3.8) is 0 Å². The van der Waals surface area contributed by atoms with Crippen LogP contribution in [0.5, 0.6) is 0 Å². The number of aryl methyl sites for hydroxylation is 1. The van der Waals surface area contributed by atoms with E-state index in [2.05, 4.69) is 5.16 Å². The third kappa shape index (κ3) is 2.69. The Kier molecular flexibility index (Phi) is 3.62. The van der Waals surface area contributed by atoms with Crippen LogP contribution in [-0.2, 0) is 14.3 Å². The van der Waals surface area contributed by atoms with Crippen molar-refractivity contribution in [2.24, 2.45) is 0 Å². The molecule has 23 heavy (non-hydrogen) atoms. The summed E-state index contributed by atoms with van der Waals surface area (Å²) in [6.07, 6.45) is 0.823. The standard InChI is InChI=1S/C15H19N3O5/c1-9-7-11(23-16-9)10-5-4-6-17(10)12(19)8-18-13(20)15(2,3)22-14(18)21/h7,10H,4-6,8H2,1-3H3/t10-/m0/s1. The van der Waals surface area contributed by atoms with Gasteiger partial charge in [0.05, 0.1) is 11.7 Å². The van der Waals surface area contributed by atoms with Gasteiger partial charge >= 0.3 is 6.09 Å². The molecular formula is C15H19N3O5. The van der Waals surface area contributed by atoms with Crippen LogP contribution in [0.25, 0.3) is 0 Å². The number of carbonyl (C=O) groups is 3. The maximum absolute atomic E-state index is 12.6. The second-order valence-corrected chi connectivity index (χ2v) is 6.39. The van der Waals surface area contributed by atoms with E-state index in [-0.39, 0.29) is 18.5 Å². The molecule has 2 aliphatic heterocycles. The van der Waals surface area contributed by atoms with Gasteiger partial charge in [0, 0.05) is 12.6 Å². The molecule has 0 bridgehead atoms. The quantitative estimate of drug-likeness (QED) is 0.835. The van der Waals surface area contributed by atoms with Gasteiger partial charge in [-0.2, -0.15) is 0 Å². The molecule has 124 valence electrons. The van der Waals surface area contributed by atoms with Gasteiger partial charge in [-0.05, 0) is 33.6 Å². The third-order valence-corrected chi connectivity index (χ3v) is 4.16. The number of cyclic esters (lactones) is 1. The molecule has 1 aromatic heterocycles. The summed E-state index contributed by atoms with van der Waals surface area (Å²) in [4.78, 5) is 39.0. The number of aromatic nitrogens is 1. The van der Waals surface area contributed by atoms with Crippen LogP contribution in [0.3, 0.4) is 0 Å². The molecule has 3 heterocycles. The third-order valence-electron chi connectivity index (χ3n) is 4.16. The van der Waals surface area contributed by atoms with E-state index >= 15 is 0 Å². The highest BCUT2D eigenvalue weighted by Crippen LogP contribution is 2.33. The van der Waals surface area contributed by atoms with Gasteiger partial charge in [-0.1, -0.05) is 5.16 Å². The van der Waals surface area contributed by atoms with Crippen molar-refractivity contribution in [1.82, 2.24) is 15.0 Å². The SMILES string of the molecule is Cc1cc([C@@H]2CCCN2C(=O)CN2C(=O)OC(C)(C)C2=O)on1. The summed E-state index contributed by atoms with van der Waals surface area (Å²) in [7, 11) is 0. The number of imide groups is 1. The normalized spacial score (nSPS) is 23.5. The van der Waals surface area contributed by atoms with Gasteiger partial charge in [-0.15, -0.1) is 0 Å². The number of likely N-dealkylation sites (tertiary alicyclic amines) is 1. The molecule has 2 saturated heterocycles. The lowest BCUT2D eigenvalue weighted by Crippen LogP contribution is -2.44. The minimum atomic E-state index is -1.22. The molecule has 1 aromatic rings. The van der Waals surface area contributed by atoms with Crippen molar-refractivity contribution in [1.29, 1.82) is 0 Å². The van der Waals surface area contributed by atoms with E-state index in [9.17, 15) is 14.4 Å². The van der Waals surface area contributed by atoms with E-state index < -0.39 is 17.6 Å². The van der Waals surface area contributed by atoms with Crippen LogP contribution in [0.15, 0.2) is 10.6 Å². The maximum Gasteiger partial charge on any atom is 0.418 e. The van der Waals surface area contributed by atoms with E-state index in [1.807, 2.05) is 6.92 Å². The zero-order chi connectivity index (χ0) is 16.8. The summed E-state index contributed by atoms with van der Waals surface area (Å²) in [5.74, 6) is -0.171. The van der Waals surface area contributed by atoms with Crippen LogP contribution in [0, 0.1) is 6.92 Å². The van der Waals surface area contributed by atoms with Gasteiger partial charge in [0.2, 0.25) is 5.91 Å². The van der Waals surface area contributed by atoms with Crippen molar-refractivity contribution in [3.05, 3.63) is 17.5 Å². The van der Waals surface area contributed by atoms with Gasteiger partial charge in [-0.3, -0.25) is 9.59 Å². The number of hydrogen-bond donors (Lipinski definition) is 0. The molecule has 0 saturated carbocycles. The first-order valence-corrected chi connectivity index (χ1v) is 7.57. The van der Waals surface area contributed by atoms with Crippen LogP contribution in [0.1, 0.15) is 44.2 Å². The summed E-state index contributed by atoms with van der Waals surface area (Å²) < 4.78 is 10.2. The lowest BCUT2D eigenvalue weighted by atomic mass is 10.1. The van der Waals surface area contributed by atoms with Gasteiger partial charge in [0.25, 0.3) is 5.91 Å². The van der Waals surface area contributed by atoms with Crippen LogP contribution in [-0.4, -0.2) is 51.6 Å². The van der Waals surface area contributed by atoms with E-state index in [0.29, 0.717) is 12.3 Å². The van der Waals surface area contributed by atoms with Crippen molar-refractivity contribution >= 4 is 17.9 Å². The van der Waals surface area contributed by atoms with Crippen LogP contribution >= 0.6 is 0 Å². The molecule has 3 rings (SSSR count). The predicted molar refractivity (Wildman–Crippen MR) is 77.2 cm³/mol. The van der Waals surface area contributed by atoms with Crippen molar-refractivity contribution in [2.75, 3.05) is 13.1 Å². The second-order valence-electron chi connectivity index (χ2n) is 6.39. The second kappa shape index (κ2) is 5.36. The molecule has 0 N–H and O–H groups in total. The zero-order valence-corrected chi connectivity index (χ0v) is 13.4. The van der Waals surface area contributed by atoms with Crippen molar-refractivity contribution in [2.45, 2.75) is 45.3 Å². The molecule has 3 amide bonds. The maximum atomic E-state index is 12.6. The molecule has 0 aliphatic carbocycles. The fourth-order valence-electron chi connectivity index (χ4n) is 2.99. The van der Waals surface area contributed by atoms with Crippen LogP contribution < -0.4 is 0 Å². The Morgan fingerprint density at radius 3 is 2.74 bits per heavy atom. The molecule has 0 unspecified atom stereocenters. The number of ether oxygens (including phenoxy) is 1. The first kappa shape index (κ1) is 15.5. The Labute approximate surface area is 133 Å². The summed E-state index contributed by atoms with van der Waals surface area (Å²) >= 11 is 0. The van der Waals surface area contributed by atoms with E-state index in [1.165, 1.54) is 13.8 Å². The fourth-order valence-corrected chi connectivity index (χ4v) is 2.99. The van der Waals surface area contributed by atoms with Gasteiger partial charge in [-0.25, -0.2) is 9.69 Å². The average molecular weight is 321 g/mol. The highest BCUT2D eigenvalue weighted by molar-refractivity contribution is 6.04. The Morgan fingerprint density at radius 1 is 1.43 bits per heavy atom. The number of rotatable bonds is 3. The van der Waals surface area contributed by atoms with Crippen molar-refractivity contribution in [3.8, 4) is 0 Å². The monoisotopic (exact) mass is 321 g/mol. The molecule has 0 aromatic carbocycles. The first-order valence-electron chi connectivity index (χ1n) is 7.57. The highest BCUT2D eigenvalue weighted by Gasteiger charge is 2.48. The molecule has 0 radical (unpaired) electrons. The molecule has 1 atom stereocenters. The van der Waals surface area contributed by atoms with Gasteiger partial charge < -0.3 is 14.2 Å². The van der Waals surface area contributed by atoms with Crippen molar-refractivity contribution < 1.29 is 23.6 Å².